The van der Waals surface area contributed by atoms with Crippen LogP contribution in [0.25, 0.3) is 0 Å². The van der Waals surface area contributed by atoms with Crippen LogP contribution in [0.2, 0.25) is 0 Å². The zero-order chi connectivity index (χ0) is 13.1. The van der Waals surface area contributed by atoms with Gasteiger partial charge in [-0.2, -0.15) is 10.1 Å². The summed E-state index contributed by atoms with van der Waals surface area (Å²) in [6, 6.07) is 7.97. The molecule has 0 saturated heterocycles. The number of hydrogen-bond acceptors (Lipinski definition) is 4. The number of nitrogens with zero attached hydrogens (tertiary/aromatic N) is 2. The lowest BCUT2D eigenvalue weighted by Gasteiger charge is -2.14. The molecule has 2 N–H and O–H groups in total. The average molecular weight is 244 g/mol. The molecule has 0 atom stereocenters. The first-order valence-electron chi connectivity index (χ1n) is 5.87. The molecule has 18 heavy (non-hydrogen) atoms. The van der Waals surface area contributed by atoms with Crippen molar-refractivity contribution in [1.82, 2.24) is 15.2 Å². The van der Waals surface area contributed by atoms with Crippen LogP contribution in [0.15, 0.2) is 29.1 Å². The maximum atomic E-state index is 11.2. The highest BCUT2D eigenvalue weighted by atomic mass is 16.1. The summed E-state index contributed by atoms with van der Waals surface area (Å²) in [6.45, 7) is 6.04. The fourth-order valence-electron chi connectivity index (χ4n) is 1.75. The first-order chi connectivity index (χ1) is 8.58. The minimum absolute atomic E-state index is 0.393. The van der Waals surface area contributed by atoms with Crippen LogP contribution in [0.5, 0.6) is 0 Å². The van der Waals surface area contributed by atoms with E-state index in [1.807, 2.05) is 18.2 Å². The molecule has 94 valence electrons. The van der Waals surface area contributed by atoms with Gasteiger partial charge in [-0.05, 0) is 24.5 Å². The van der Waals surface area contributed by atoms with Crippen molar-refractivity contribution < 1.29 is 0 Å². The first-order valence-corrected chi connectivity index (χ1v) is 5.87. The van der Waals surface area contributed by atoms with Crippen molar-refractivity contribution in [2.24, 2.45) is 0 Å². The van der Waals surface area contributed by atoms with Gasteiger partial charge in [0.2, 0.25) is 0 Å². The largest absolute Gasteiger partial charge is 0.363 e. The lowest BCUT2D eigenvalue weighted by Crippen LogP contribution is -2.16. The number of aromatic nitrogens is 3. The molecule has 1 heterocycles. The molecule has 2 rings (SSSR count). The van der Waals surface area contributed by atoms with E-state index in [9.17, 15) is 4.79 Å². The van der Waals surface area contributed by atoms with Crippen molar-refractivity contribution in [3.05, 3.63) is 46.0 Å². The van der Waals surface area contributed by atoms with Gasteiger partial charge in [-0.1, -0.05) is 32.0 Å². The summed E-state index contributed by atoms with van der Waals surface area (Å²) in [5.74, 6) is 0.885. The van der Waals surface area contributed by atoms with E-state index in [0.717, 1.165) is 5.69 Å². The van der Waals surface area contributed by atoms with E-state index in [1.165, 1.54) is 5.56 Å². The molecule has 2 aromatic rings. The van der Waals surface area contributed by atoms with Crippen LogP contribution in [0.4, 0.5) is 11.5 Å². The molecule has 0 fully saturated rings. The fraction of sp³-hybridized carbons (Fsp3) is 0.308. The van der Waals surface area contributed by atoms with Gasteiger partial charge in [-0.15, -0.1) is 0 Å². The van der Waals surface area contributed by atoms with Gasteiger partial charge in [-0.25, -0.2) is 9.89 Å². The van der Waals surface area contributed by atoms with Crippen molar-refractivity contribution in [3.63, 3.8) is 0 Å². The molecule has 5 heteroatoms. The quantitative estimate of drug-likeness (QED) is 0.869. The minimum atomic E-state index is -0.454. The third-order valence-electron chi connectivity index (χ3n) is 2.71. The van der Waals surface area contributed by atoms with Crippen molar-refractivity contribution >= 4 is 11.5 Å². The van der Waals surface area contributed by atoms with Gasteiger partial charge in [0.25, 0.3) is 0 Å². The van der Waals surface area contributed by atoms with Crippen molar-refractivity contribution in [2.75, 3.05) is 5.32 Å². The second-order valence-electron chi connectivity index (χ2n) is 4.44. The molecule has 0 spiro atoms. The number of H-pyrrole nitrogens is 1. The van der Waals surface area contributed by atoms with E-state index in [1.54, 1.807) is 6.92 Å². The Labute approximate surface area is 105 Å². The van der Waals surface area contributed by atoms with Gasteiger partial charge in [0.05, 0.1) is 0 Å². The molecule has 0 aliphatic carbocycles. The number of hydrogen-bond donors (Lipinski definition) is 2. The highest BCUT2D eigenvalue weighted by Gasteiger charge is 2.08. The van der Waals surface area contributed by atoms with E-state index < -0.39 is 5.69 Å². The minimum Gasteiger partial charge on any atom is -0.338 e. The Kier molecular flexibility index (Phi) is 3.41. The third kappa shape index (κ3) is 2.56. The molecule has 0 aliphatic rings. The highest BCUT2D eigenvalue weighted by Crippen LogP contribution is 2.26. The van der Waals surface area contributed by atoms with E-state index in [2.05, 4.69) is 40.4 Å². The van der Waals surface area contributed by atoms with Crippen LogP contribution in [-0.2, 0) is 0 Å². The van der Waals surface area contributed by atoms with Gasteiger partial charge >= 0.3 is 5.69 Å². The van der Waals surface area contributed by atoms with Gasteiger partial charge in [0, 0.05) is 5.69 Å². The molecule has 0 radical (unpaired) electrons. The number of rotatable bonds is 3. The number of nitrogens with one attached hydrogen (secondary N) is 2. The molecule has 0 saturated carbocycles. The second kappa shape index (κ2) is 5.00. The second-order valence-corrected chi connectivity index (χ2v) is 4.44. The molecule has 1 aromatic heterocycles. The topological polar surface area (TPSA) is 70.7 Å². The summed E-state index contributed by atoms with van der Waals surface area (Å²) in [5.41, 5.74) is 2.34. The fourth-order valence-corrected chi connectivity index (χ4v) is 1.75. The molecule has 0 unspecified atom stereocenters. The van der Waals surface area contributed by atoms with Gasteiger partial charge < -0.3 is 5.32 Å². The standard InChI is InChI=1S/C13H16N4O/c1-8(2)10-6-4-5-7-11(10)14-12-9(3)16-17-13(18)15-12/h4-8H,1-3H3,(H2,14,15,17,18). The van der Waals surface area contributed by atoms with E-state index in [0.29, 0.717) is 17.4 Å². The summed E-state index contributed by atoms with van der Waals surface area (Å²) < 4.78 is 0. The monoisotopic (exact) mass is 244 g/mol. The number of aryl methyl sites for hydroxylation is 1. The third-order valence-corrected chi connectivity index (χ3v) is 2.71. The number of anilines is 2. The summed E-state index contributed by atoms with van der Waals surface area (Å²) in [4.78, 5) is 15.1. The Balaban J connectivity index is 2.40. The van der Waals surface area contributed by atoms with E-state index in [4.69, 9.17) is 0 Å². The van der Waals surface area contributed by atoms with E-state index >= 15 is 0 Å². The van der Waals surface area contributed by atoms with Crippen LogP contribution >= 0.6 is 0 Å². The summed E-state index contributed by atoms with van der Waals surface area (Å²) >= 11 is 0. The van der Waals surface area contributed by atoms with Crippen molar-refractivity contribution in [1.29, 1.82) is 0 Å². The van der Waals surface area contributed by atoms with Crippen molar-refractivity contribution in [3.8, 4) is 0 Å². The van der Waals surface area contributed by atoms with Crippen LogP contribution in [0.1, 0.15) is 31.0 Å². The molecular formula is C13H16N4O. The lowest BCUT2D eigenvalue weighted by molar-refractivity contribution is 0.864. The number of aromatic amines is 1. The zero-order valence-corrected chi connectivity index (χ0v) is 10.7. The lowest BCUT2D eigenvalue weighted by atomic mass is 10.0. The maximum Gasteiger partial charge on any atom is 0.363 e. The molecule has 5 nitrogen and oxygen atoms in total. The average Bonchev–Trinajstić information content (AvgIpc) is 2.34. The zero-order valence-electron chi connectivity index (χ0n) is 10.7. The predicted octanol–water partition coefficient (Wildman–Crippen LogP) is 2.34. The van der Waals surface area contributed by atoms with Gasteiger partial charge in [0.1, 0.15) is 5.69 Å². The Morgan fingerprint density at radius 1 is 1.28 bits per heavy atom. The molecule has 0 amide bonds. The smallest absolute Gasteiger partial charge is 0.338 e. The van der Waals surface area contributed by atoms with E-state index in [-0.39, 0.29) is 0 Å². The molecule has 0 aliphatic heterocycles. The summed E-state index contributed by atoms with van der Waals surface area (Å²) in [5, 5.41) is 9.36. The highest BCUT2D eigenvalue weighted by molar-refractivity contribution is 5.62. The number of para-hydroxylation sites is 1. The van der Waals surface area contributed by atoms with Gasteiger partial charge in [-0.3, -0.25) is 0 Å². The van der Waals surface area contributed by atoms with Crippen molar-refractivity contribution in [2.45, 2.75) is 26.7 Å². The Bertz CT molecular complexity index is 604. The predicted molar refractivity (Wildman–Crippen MR) is 71.2 cm³/mol. The molecule has 0 bridgehead atoms. The normalized spacial score (nSPS) is 10.7. The maximum absolute atomic E-state index is 11.2. The first kappa shape index (κ1) is 12.3. The number of benzene rings is 1. The Morgan fingerprint density at radius 2 is 2.00 bits per heavy atom. The summed E-state index contributed by atoms with van der Waals surface area (Å²) in [7, 11) is 0. The Hall–Kier alpha value is -2.17. The summed E-state index contributed by atoms with van der Waals surface area (Å²) in [6.07, 6.45) is 0. The SMILES string of the molecule is Cc1n[nH]c(=O)nc1Nc1ccccc1C(C)C. The van der Waals surface area contributed by atoms with Crippen LogP contribution < -0.4 is 11.0 Å². The van der Waals surface area contributed by atoms with Gasteiger partial charge in [0.15, 0.2) is 5.82 Å². The Morgan fingerprint density at radius 3 is 2.72 bits per heavy atom. The van der Waals surface area contributed by atoms with Crippen LogP contribution in [-0.4, -0.2) is 15.2 Å². The van der Waals surface area contributed by atoms with Crippen LogP contribution in [0, 0.1) is 6.92 Å². The molecule has 1 aromatic carbocycles. The van der Waals surface area contributed by atoms with Crippen LogP contribution in [0.3, 0.4) is 0 Å². The molecular weight excluding hydrogens is 228 g/mol.